The predicted molar refractivity (Wildman–Crippen MR) is 101 cm³/mol. The predicted octanol–water partition coefficient (Wildman–Crippen LogP) is 3.33. The van der Waals surface area contributed by atoms with Crippen LogP contribution in [0.1, 0.15) is 38.6 Å². The van der Waals surface area contributed by atoms with Gasteiger partial charge in [-0.05, 0) is 32.9 Å². The van der Waals surface area contributed by atoms with Crippen LogP contribution in [0, 0.1) is 20.8 Å². The molecule has 0 aliphatic carbocycles. The van der Waals surface area contributed by atoms with Gasteiger partial charge in [0.1, 0.15) is 16.7 Å². The van der Waals surface area contributed by atoms with Crippen LogP contribution in [-0.4, -0.2) is 45.6 Å². The number of aryl methyl sites for hydroxylation is 3. The van der Waals surface area contributed by atoms with Crippen LogP contribution < -0.4 is 0 Å². The van der Waals surface area contributed by atoms with Gasteiger partial charge >= 0.3 is 0 Å². The van der Waals surface area contributed by atoms with Gasteiger partial charge in [-0.15, -0.1) is 11.3 Å². The fourth-order valence-corrected chi connectivity index (χ4v) is 4.05. The topological polar surface area (TPSA) is 81.4 Å². The lowest BCUT2D eigenvalue weighted by Gasteiger charge is -2.32. The first-order valence-corrected chi connectivity index (χ1v) is 9.63. The number of carbonyl (C=O) groups is 1. The molecule has 0 spiro atoms. The number of morpholine rings is 1. The van der Waals surface area contributed by atoms with Crippen molar-refractivity contribution in [1.82, 2.24) is 20.0 Å². The number of amides is 1. The summed E-state index contributed by atoms with van der Waals surface area (Å²) >= 11 is 1.38. The monoisotopic (exact) mass is 384 g/mol. The Labute approximate surface area is 161 Å². The Morgan fingerprint density at radius 3 is 2.81 bits per heavy atom. The molecule has 1 fully saturated rings. The number of pyridine rings is 1. The summed E-state index contributed by atoms with van der Waals surface area (Å²) in [6, 6.07) is 5.81. The van der Waals surface area contributed by atoms with E-state index in [1.807, 2.05) is 43.9 Å². The van der Waals surface area contributed by atoms with Gasteiger partial charge in [-0.25, -0.2) is 9.97 Å². The maximum absolute atomic E-state index is 12.8. The highest BCUT2D eigenvalue weighted by Gasteiger charge is 2.29. The van der Waals surface area contributed by atoms with Crippen LogP contribution >= 0.6 is 11.3 Å². The standard InChI is InChI=1S/C19H20N4O3S/c1-11-17(13(3)26-22-11)15-6-4-5-14(21-15)16-9-23(7-8-25-16)19(24)18-12(2)20-10-27-18/h4-6,10,16H,7-9H2,1-3H3. The van der Waals surface area contributed by atoms with Crippen molar-refractivity contribution in [2.24, 2.45) is 0 Å². The van der Waals surface area contributed by atoms with E-state index >= 15 is 0 Å². The van der Waals surface area contributed by atoms with E-state index in [0.29, 0.717) is 24.6 Å². The summed E-state index contributed by atoms with van der Waals surface area (Å²) < 4.78 is 11.2. The molecule has 8 heteroatoms. The normalized spacial score (nSPS) is 17.3. The molecule has 1 aliphatic heterocycles. The Bertz CT molecular complexity index is 962. The van der Waals surface area contributed by atoms with Gasteiger partial charge in [0.25, 0.3) is 5.91 Å². The van der Waals surface area contributed by atoms with E-state index in [1.165, 1.54) is 11.3 Å². The highest BCUT2D eigenvalue weighted by Crippen LogP contribution is 2.28. The van der Waals surface area contributed by atoms with Gasteiger partial charge in [0, 0.05) is 6.54 Å². The third-order valence-corrected chi connectivity index (χ3v) is 5.60. The molecule has 4 rings (SSSR count). The Morgan fingerprint density at radius 2 is 2.11 bits per heavy atom. The first kappa shape index (κ1) is 17.8. The summed E-state index contributed by atoms with van der Waals surface area (Å²) in [5.74, 6) is 0.740. The number of rotatable bonds is 3. The minimum absolute atomic E-state index is 0.00479. The lowest BCUT2D eigenvalue weighted by molar-refractivity contribution is -0.0245. The van der Waals surface area contributed by atoms with Gasteiger partial charge in [0.05, 0.1) is 47.0 Å². The van der Waals surface area contributed by atoms with E-state index < -0.39 is 0 Å². The summed E-state index contributed by atoms with van der Waals surface area (Å²) in [6.07, 6.45) is -0.267. The number of ether oxygens (including phenoxy) is 1. The van der Waals surface area contributed by atoms with E-state index in [9.17, 15) is 4.79 Å². The first-order valence-electron chi connectivity index (χ1n) is 8.75. The molecule has 3 aromatic heterocycles. The highest BCUT2D eigenvalue weighted by atomic mass is 32.1. The van der Waals surface area contributed by atoms with Crippen molar-refractivity contribution in [3.8, 4) is 11.3 Å². The Hall–Kier alpha value is -2.58. The fraction of sp³-hybridized carbons (Fsp3) is 0.368. The van der Waals surface area contributed by atoms with Crippen LogP contribution in [0.5, 0.6) is 0 Å². The van der Waals surface area contributed by atoms with E-state index in [1.54, 1.807) is 5.51 Å². The quantitative estimate of drug-likeness (QED) is 0.689. The van der Waals surface area contributed by atoms with Gasteiger partial charge in [-0.1, -0.05) is 11.2 Å². The minimum Gasteiger partial charge on any atom is -0.368 e. The van der Waals surface area contributed by atoms with Crippen molar-refractivity contribution in [2.45, 2.75) is 26.9 Å². The molecule has 4 heterocycles. The smallest absolute Gasteiger partial charge is 0.266 e. The van der Waals surface area contributed by atoms with Gasteiger partial charge in [-0.2, -0.15) is 0 Å². The second kappa shape index (κ2) is 7.21. The van der Waals surface area contributed by atoms with Gasteiger partial charge < -0.3 is 14.2 Å². The Morgan fingerprint density at radius 1 is 1.26 bits per heavy atom. The van der Waals surface area contributed by atoms with Gasteiger partial charge in [-0.3, -0.25) is 4.79 Å². The average Bonchev–Trinajstić information content (AvgIpc) is 3.26. The molecule has 0 bridgehead atoms. The maximum Gasteiger partial charge on any atom is 0.266 e. The number of hydrogen-bond donors (Lipinski definition) is 0. The van der Waals surface area contributed by atoms with E-state index in [4.69, 9.17) is 14.2 Å². The van der Waals surface area contributed by atoms with Crippen LogP contribution in [0.3, 0.4) is 0 Å². The van der Waals surface area contributed by atoms with Crippen LogP contribution in [0.4, 0.5) is 0 Å². The van der Waals surface area contributed by atoms with Crippen LogP contribution in [0.15, 0.2) is 28.2 Å². The van der Waals surface area contributed by atoms with Crippen molar-refractivity contribution < 1.29 is 14.1 Å². The largest absolute Gasteiger partial charge is 0.368 e. The number of nitrogens with zero attached hydrogens (tertiary/aromatic N) is 4. The summed E-state index contributed by atoms with van der Waals surface area (Å²) in [5.41, 5.74) is 5.78. The van der Waals surface area contributed by atoms with E-state index in [0.717, 1.165) is 34.1 Å². The molecule has 1 amide bonds. The summed E-state index contributed by atoms with van der Waals surface area (Å²) in [5, 5.41) is 4.00. The zero-order valence-corrected chi connectivity index (χ0v) is 16.2. The summed E-state index contributed by atoms with van der Waals surface area (Å²) in [7, 11) is 0. The molecule has 0 saturated carbocycles. The van der Waals surface area contributed by atoms with Crippen LogP contribution in [-0.2, 0) is 4.74 Å². The van der Waals surface area contributed by atoms with Crippen molar-refractivity contribution in [3.63, 3.8) is 0 Å². The van der Waals surface area contributed by atoms with Crippen molar-refractivity contribution in [3.05, 3.63) is 51.4 Å². The molecule has 7 nitrogen and oxygen atoms in total. The molecule has 140 valence electrons. The highest BCUT2D eigenvalue weighted by molar-refractivity contribution is 7.11. The van der Waals surface area contributed by atoms with Crippen molar-refractivity contribution in [2.75, 3.05) is 19.7 Å². The molecule has 1 unspecified atom stereocenters. The Kier molecular flexibility index (Phi) is 4.75. The van der Waals surface area contributed by atoms with E-state index in [-0.39, 0.29) is 12.0 Å². The second-order valence-corrected chi connectivity index (χ2v) is 7.38. The molecule has 1 saturated heterocycles. The molecular formula is C19H20N4O3S. The van der Waals surface area contributed by atoms with E-state index in [2.05, 4.69) is 10.1 Å². The molecule has 0 radical (unpaired) electrons. The Balaban J connectivity index is 1.58. The molecule has 27 heavy (non-hydrogen) atoms. The molecule has 1 aliphatic rings. The van der Waals surface area contributed by atoms with Crippen molar-refractivity contribution >= 4 is 17.2 Å². The second-order valence-electron chi connectivity index (χ2n) is 6.52. The molecule has 0 N–H and O–H groups in total. The van der Waals surface area contributed by atoms with Gasteiger partial charge in [0.2, 0.25) is 0 Å². The number of hydrogen-bond acceptors (Lipinski definition) is 7. The summed E-state index contributed by atoms with van der Waals surface area (Å²) in [4.78, 5) is 24.2. The van der Waals surface area contributed by atoms with Crippen LogP contribution in [0.2, 0.25) is 0 Å². The minimum atomic E-state index is -0.267. The van der Waals surface area contributed by atoms with Gasteiger partial charge in [0.15, 0.2) is 0 Å². The zero-order valence-electron chi connectivity index (χ0n) is 15.4. The third kappa shape index (κ3) is 3.38. The number of aromatic nitrogens is 3. The number of thiazole rings is 1. The van der Waals surface area contributed by atoms with Crippen LogP contribution in [0.25, 0.3) is 11.3 Å². The third-order valence-electron chi connectivity index (χ3n) is 4.68. The molecule has 0 aromatic carbocycles. The maximum atomic E-state index is 12.8. The zero-order chi connectivity index (χ0) is 19.0. The van der Waals surface area contributed by atoms with Crippen molar-refractivity contribution in [1.29, 1.82) is 0 Å². The number of carbonyl (C=O) groups excluding carboxylic acids is 1. The lowest BCUT2D eigenvalue weighted by atomic mass is 10.1. The summed E-state index contributed by atoms with van der Waals surface area (Å²) in [6.45, 7) is 7.14. The SMILES string of the molecule is Cc1ncsc1C(=O)N1CCOC(c2cccc(-c3c(C)noc3C)n2)C1. The molecule has 3 aromatic rings. The molecular weight excluding hydrogens is 364 g/mol. The average molecular weight is 384 g/mol. The molecule has 1 atom stereocenters. The first-order chi connectivity index (χ1) is 13.0. The fourth-order valence-electron chi connectivity index (χ4n) is 3.28. The lowest BCUT2D eigenvalue weighted by Crippen LogP contribution is -2.42.